The largest absolute Gasteiger partial charge is 0.496 e. The topological polar surface area (TPSA) is 22.1 Å². The number of hydrogen-bond acceptors (Lipinski definition) is 2. The quantitative estimate of drug-likeness (QED) is 0.749. The summed E-state index contributed by atoms with van der Waals surface area (Å²) >= 11 is 6.45. The first-order valence-corrected chi connectivity index (χ1v) is 7.25. The SMILES string of the molecule is COc1c(C)cnc(CCC(Cl)c2ccccc2)c1C. The number of halogens is 1. The lowest BCUT2D eigenvalue weighted by Gasteiger charge is -2.14. The van der Waals surface area contributed by atoms with Gasteiger partial charge in [-0.1, -0.05) is 30.3 Å². The molecule has 1 atom stereocenters. The van der Waals surface area contributed by atoms with Crippen LogP contribution in [0, 0.1) is 13.8 Å². The number of pyridine rings is 1. The minimum atomic E-state index is 0.0182. The van der Waals surface area contributed by atoms with Crippen molar-refractivity contribution in [3.05, 3.63) is 58.9 Å². The minimum Gasteiger partial charge on any atom is -0.496 e. The summed E-state index contributed by atoms with van der Waals surface area (Å²) in [5.41, 5.74) is 4.41. The molecule has 0 aliphatic heterocycles. The van der Waals surface area contributed by atoms with E-state index in [2.05, 4.69) is 24.0 Å². The van der Waals surface area contributed by atoms with Crippen LogP contribution in [0.1, 0.15) is 34.2 Å². The summed E-state index contributed by atoms with van der Waals surface area (Å²) in [7, 11) is 1.70. The maximum Gasteiger partial charge on any atom is 0.128 e. The molecule has 0 radical (unpaired) electrons. The number of benzene rings is 1. The van der Waals surface area contributed by atoms with Crippen molar-refractivity contribution in [3.8, 4) is 5.75 Å². The molecule has 2 rings (SSSR count). The van der Waals surface area contributed by atoms with E-state index >= 15 is 0 Å². The van der Waals surface area contributed by atoms with Crippen LogP contribution in [0.15, 0.2) is 36.5 Å². The van der Waals surface area contributed by atoms with Crippen molar-refractivity contribution in [2.45, 2.75) is 32.1 Å². The Kier molecular flexibility index (Phi) is 5.02. The third-order valence-electron chi connectivity index (χ3n) is 3.55. The normalized spacial score (nSPS) is 12.2. The molecule has 106 valence electrons. The number of aryl methyl sites for hydroxylation is 2. The molecule has 0 N–H and O–H groups in total. The van der Waals surface area contributed by atoms with E-state index in [1.54, 1.807) is 7.11 Å². The van der Waals surface area contributed by atoms with Gasteiger partial charge in [-0.25, -0.2) is 0 Å². The zero-order chi connectivity index (χ0) is 14.5. The van der Waals surface area contributed by atoms with Gasteiger partial charge in [0.1, 0.15) is 5.75 Å². The van der Waals surface area contributed by atoms with E-state index in [0.717, 1.165) is 41.0 Å². The molecule has 0 bridgehead atoms. The summed E-state index contributed by atoms with van der Waals surface area (Å²) in [4.78, 5) is 4.51. The number of alkyl halides is 1. The molecule has 2 nitrogen and oxygen atoms in total. The van der Waals surface area contributed by atoms with E-state index in [1.165, 1.54) is 0 Å². The van der Waals surface area contributed by atoms with Gasteiger partial charge < -0.3 is 4.74 Å². The molecule has 0 spiro atoms. The van der Waals surface area contributed by atoms with E-state index in [-0.39, 0.29) is 5.38 Å². The summed E-state index contributed by atoms with van der Waals surface area (Å²) in [6, 6.07) is 10.2. The smallest absolute Gasteiger partial charge is 0.128 e. The van der Waals surface area contributed by atoms with Crippen molar-refractivity contribution in [2.24, 2.45) is 0 Å². The van der Waals surface area contributed by atoms with Gasteiger partial charge in [0, 0.05) is 23.0 Å². The molecule has 0 saturated carbocycles. The molecule has 1 aromatic carbocycles. The number of methoxy groups -OCH3 is 1. The lowest BCUT2D eigenvalue weighted by atomic mass is 10.0. The Labute approximate surface area is 125 Å². The first-order chi connectivity index (χ1) is 9.63. The first-order valence-electron chi connectivity index (χ1n) is 6.81. The second kappa shape index (κ2) is 6.76. The van der Waals surface area contributed by atoms with Gasteiger partial charge in [0.2, 0.25) is 0 Å². The average molecular weight is 290 g/mol. The van der Waals surface area contributed by atoms with Crippen LogP contribution in [-0.2, 0) is 6.42 Å². The fraction of sp³-hybridized carbons (Fsp3) is 0.353. The van der Waals surface area contributed by atoms with Gasteiger partial charge >= 0.3 is 0 Å². The van der Waals surface area contributed by atoms with Crippen molar-refractivity contribution in [1.29, 1.82) is 0 Å². The van der Waals surface area contributed by atoms with Gasteiger partial charge in [0.15, 0.2) is 0 Å². The Morgan fingerprint density at radius 2 is 1.90 bits per heavy atom. The average Bonchev–Trinajstić information content (AvgIpc) is 2.47. The number of hydrogen-bond donors (Lipinski definition) is 0. The predicted molar refractivity (Wildman–Crippen MR) is 83.6 cm³/mol. The van der Waals surface area contributed by atoms with Crippen LogP contribution in [0.2, 0.25) is 0 Å². The Bertz CT molecular complexity index is 569. The van der Waals surface area contributed by atoms with Gasteiger partial charge in [-0.3, -0.25) is 4.98 Å². The van der Waals surface area contributed by atoms with Gasteiger partial charge in [0.05, 0.1) is 12.5 Å². The summed E-state index contributed by atoms with van der Waals surface area (Å²) in [6.45, 7) is 4.07. The Balaban J connectivity index is 2.08. The van der Waals surface area contributed by atoms with Crippen molar-refractivity contribution >= 4 is 11.6 Å². The lowest BCUT2D eigenvalue weighted by Crippen LogP contribution is -2.02. The third-order valence-corrected chi connectivity index (χ3v) is 4.02. The highest BCUT2D eigenvalue weighted by Gasteiger charge is 2.12. The minimum absolute atomic E-state index is 0.0182. The zero-order valence-electron chi connectivity index (χ0n) is 12.2. The number of nitrogens with zero attached hydrogens (tertiary/aromatic N) is 1. The van der Waals surface area contributed by atoms with Crippen LogP contribution in [0.5, 0.6) is 5.75 Å². The fourth-order valence-corrected chi connectivity index (χ4v) is 2.67. The van der Waals surface area contributed by atoms with Crippen molar-refractivity contribution in [3.63, 3.8) is 0 Å². The molecule has 1 aromatic heterocycles. The predicted octanol–water partition coefficient (Wildman–Crippen LogP) is 4.62. The molecule has 1 heterocycles. The van der Waals surface area contributed by atoms with Gasteiger partial charge in [-0.2, -0.15) is 0 Å². The fourth-order valence-electron chi connectivity index (χ4n) is 2.42. The number of rotatable bonds is 5. The lowest BCUT2D eigenvalue weighted by molar-refractivity contribution is 0.406. The summed E-state index contributed by atoms with van der Waals surface area (Å²) in [5, 5.41) is 0.0182. The summed E-state index contributed by atoms with van der Waals surface area (Å²) in [6.07, 6.45) is 3.59. The molecular formula is C17H20ClNO. The van der Waals surface area contributed by atoms with Gasteiger partial charge in [-0.05, 0) is 32.3 Å². The van der Waals surface area contributed by atoms with Crippen LogP contribution in [-0.4, -0.2) is 12.1 Å². The van der Waals surface area contributed by atoms with Crippen molar-refractivity contribution in [1.82, 2.24) is 4.98 Å². The monoisotopic (exact) mass is 289 g/mol. The van der Waals surface area contributed by atoms with Crippen molar-refractivity contribution in [2.75, 3.05) is 7.11 Å². The molecule has 0 aliphatic rings. The van der Waals surface area contributed by atoms with Gasteiger partial charge in [0.25, 0.3) is 0 Å². The molecule has 0 saturated heterocycles. The molecular weight excluding hydrogens is 270 g/mol. The van der Waals surface area contributed by atoms with Gasteiger partial charge in [-0.15, -0.1) is 11.6 Å². The second-order valence-electron chi connectivity index (χ2n) is 4.96. The van der Waals surface area contributed by atoms with Crippen LogP contribution >= 0.6 is 11.6 Å². The van der Waals surface area contributed by atoms with Crippen LogP contribution in [0.25, 0.3) is 0 Å². The van der Waals surface area contributed by atoms with E-state index < -0.39 is 0 Å². The first kappa shape index (κ1) is 14.9. The molecule has 1 unspecified atom stereocenters. The van der Waals surface area contributed by atoms with E-state index in [4.69, 9.17) is 16.3 Å². The molecule has 0 aliphatic carbocycles. The van der Waals surface area contributed by atoms with Crippen molar-refractivity contribution < 1.29 is 4.74 Å². The van der Waals surface area contributed by atoms with E-state index in [9.17, 15) is 0 Å². The molecule has 3 heteroatoms. The molecule has 2 aromatic rings. The molecule has 0 fully saturated rings. The Morgan fingerprint density at radius 1 is 1.20 bits per heavy atom. The maximum atomic E-state index is 6.45. The highest BCUT2D eigenvalue weighted by Crippen LogP contribution is 2.29. The summed E-state index contributed by atoms with van der Waals surface area (Å²) in [5.74, 6) is 0.931. The maximum absolute atomic E-state index is 6.45. The highest BCUT2D eigenvalue weighted by atomic mass is 35.5. The van der Waals surface area contributed by atoms with Crippen LogP contribution < -0.4 is 4.74 Å². The summed E-state index contributed by atoms with van der Waals surface area (Å²) < 4.78 is 5.43. The van der Waals surface area contributed by atoms with Crippen LogP contribution in [0.3, 0.4) is 0 Å². The highest BCUT2D eigenvalue weighted by molar-refractivity contribution is 6.20. The van der Waals surface area contributed by atoms with Crippen LogP contribution in [0.4, 0.5) is 0 Å². The Morgan fingerprint density at radius 3 is 2.55 bits per heavy atom. The number of aromatic nitrogens is 1. The van der Waals surface area contributed by atoms with E-state index in [1.807, 2.05) is 31.3 Å². The number of ether oxygens (including phenoxy) is 1. The third kappa shape index (κ3) is 3.31. The Hall–Kier alpha value is -1.54. The van der Waals surface area contributed by atoms with E-state index in [0.29, 0.717) is 0 Å². The second-order valence-corrected chi connectivity index (χ2v) is 5.49. The molecule has 0 amide bonds. The molecule has 20 heavy (non-hydrogen) atoms. The standard InChI is InChI=1S/C17H20ClNO/c1-12-11-19-16(13(2)17(12)20-3)10-9-15(18)14-7-5-4-6-8-14/h4-8,11,15H,9-10H2,1-3H3. The zero-order valence-corrected chi connectivity index (χ0v) is 12.9.